The fourth-order valence-corrected chi connectivity index (χ4v) is 5.34. The average Bonchev–Trinajstić information content (AvgIpc) is 3.13. The van der Waals surface area contributed by atoms with Crippen molar-refractivity contribution >= 4 is 21.6 Å². The van der Waals surface area contributed by atoms with E-state index in [1.165, 1.54) is 24.3 Å². The number of aryl methyl sites for hydroxylation is 1. The molecule has 2 heterocycles. The number of benzene rings is 1. The predicted octanol–water partition coefficient (Wildman–Crippen LogP) is 2.57. The number of rotatable bonds is 6. The van der Waals surface area contributed by atoms with Crippen LogP contribution in [0.2, 0.25) is 0 Å². The third-order valence-electron chi connectivity index (χ3n) is 4.98. The van der Waals surface area contributed by atoms with Crippen LogP contribution in [0.4, 0.5) is 4.39 Å². The molecule has 0 aliphatic carbocycles. The summed E-state index contributed by atoms with van der Waals surface area (Å²) in [6.45, 7) is 3.20. The van der Waals surface area contributed by atoms with Gasteiger partial charge in [-0.3, -0.25) is 9.59 Å². The van der Waals surface area contributed by atoms with Gasteiger partial charge in [-0.25, -0.2) is 12.8 Å². The van der Waals surface area contributed by atoms with Crippen LogP contribution in [-0.2, 0) is 25.8 Å². The second-order valence-electron chi connectivity index (χ2n) is 7.10. The van der Waals surface area contributed by atoms with Crippen molar-refractivity contribution in [2.45, 2.75) is 32.7 Å². The SMILES string of the molecule is Cc1cc(C(=O)COC(=O)Cc2ccc(F)cc2)c(C)n1[C@H]1CCS(=O)(=O)C1. The van der Waals surface area contributed by atoms with Gasteiger partial charge in [-0.05, 0) is 44.0 Å². The van der Waals surface area contributed by atoms with Gasteiger partial charge in [0.1, 0.15) is 5.82 Å². The fraction of sp³-hybridized carbons (Fsp3) is 0.400. The van der Waals surface area contributed by atoms with Crippen LogP contribution in [0.25, 0.3) is 0 Å². The lowest BCUT2D eigenvalue weighted by Crippen LogP contribution is -2.17. The molecule has 0 radical (unpaired) electrons. The van der Waals surface area contributed by atoms with Crippen LogP contribution in [0.15, 0.2) is 30.3 Å². The van der Waals surface area contributed by atoms with Gasteiger partial charge >= 0.3 is 5.97 Å². The third kappa shape index (κ3) is 4.49. The molecule has 0 saturated carbocycles. The van der Waals surface area contributed by atoms with Crippen molar-refractivity contribution in [3.05, 3.63) is 58.7 Å². The lowest BCUT2D eigenvalue weighted by atomic mass is 10.1. The molecule has 150 valence electrons. The zero-order valence-electron chi connectivity index (χ0n) is 15.8. The molecule has 0 spiro atoms. The van der Waals surface area contributed by atoms with Gasteiger partial charge in [0.25, 0.3) is 0 Å². The number of ketones is 1. The van der Waals surface area contributed by atoms with Crippen LogP contribution in [0, 0.1) is 19.7 Å². The smallest absolute Gasteiger partial charge is 0.310 e. The molecule has 1 aromatic heterocycles. The highest BCUT2D eigenvalue weighted by atomic mass is 32.2. The van der Waals surface area contributed by atoms with Crippen LogP contribution in [0.5, 0.6) is 0 Å². The minimum Gasteiger partial charge on any atom is -0.457 e. The highest BCUT2D eigenvalue weighted by molar-refractivity contribution is 7.91. The number of aromatic nitrogens is 1. The summed E-state index contributed by atoms with van der Waals surface area (Å²) < 4.78 is 43.4. The molecule has 0 unspecified atom stereocenters. The summed E-state index contributed by atoms with van der Waals surface area (Å²) in [4.78, 5) is 24.4. The van der Waals surface area contributed by atoms with Crippen LogP contribution < -0.4 is 0 Å². The van der Waals surface area contributed by atoms with Crippen molar-refractivity contribution in [3.63, 3.8) is 0 Å². The molecular weight excluding hydrogens is 385 g/mol. The van der Waals surface area contributed by atoms with Crippen LogP contribution >= 0.6 is 0 Å². The zero-order chi connectivity index (χ0) is 20.5. The Morgan fingerprint density at radius 3 is 2.50 bits per heavy atom. The van der Waals surface area contributed by atoms with Gasteiger partial charge in [-0.2, -0.15) is 0 Å². The largest absolute Gasteiger partial charge is 0.457 e. The number of halogens is 1. The van der Waals surface area contributed by atoms with Crippen molar-refractivity contribution < 1.29 is 27.1 Å². The maximum Gasteiger partial charge on any atom is 0.310 e. The summed E-state index contributed by atoms with van der Waals surface area (Å²) in [5.74, 6) is -1.08. The Balaban J connectivity index is 1.64. The van der Waals surface area contributed by atoms with Gasteiger partial charge in [0.15, 0.2) is 16.4 Å². The van der Waals surface area contributed by atoms with E-state index in [1.807, 2.05) is 11.5 Å². The van der Waals surface area contributed by atoms with Crippen LogP contribution in [0.1, 0.15) is 39.8 Å². The van der Waals surface area contributed by atoms with E-state index in [9.17, 15) is 22.4 Å². The Hall–Kier alpha value is -2.48. The Bertz CT molecular complexity index is 1010. The quantitative estimate of drug-likeness (QED) is 0.543. The molecule has 1 fully saturated rings. The first-order valence-electron chi connectivity index (χ1n) is 8.98. The number of sulfone groups is 1. The van der Waals surface area contributed by atoms with Crippen molar-refractivity contribution in [2.24, 2.45) is 0 Å². The van der Waals surface area contributed by atoms with Crippen LogP contribution in [0.3, 0.4) is 0 Å². The van der Waals surface area contributed by atoms with E-state index in [0.29, 0.717) is 23.2 Å². The van der Waals surface area contributed by atoms with Crippen molar-refractivity contribution in [3.8, 4) is 0 Å². The first-order chi connectivity index (χ1) is 13.2. The van der Waals surface area contributed by atoms with Gasteiger partial charge in [0, 0.05) is 23.0 Å². The number of ether oxygens (including phenoxy) is 1. The number of hydrogen-bond acceptors (Lipinski definition) is 5. The molecule has 6 nitrogen and oxygen atoms in total. The van der Waals surface area contributed by atoms with E-state index in [-0.39, 0.29) is 29.8 Å². The summed E-state index contributed by atoms with van der Waals surface area (Å²) in [6, 6.07) is 7.02. The molecule has 1 atom stereocenters. The molecule has 1 aliphatic rings. The fourth-order valence-electron chi connectivity index (χ4n) is 3.64. The van der Waals surface area contributed by atoms with Gasteiger partial charge in [-0.1, -0.05) is 12.1 Å². The number of nitrogens with zero attached hydrogens (tertiary/aromatic N) is 1. The normalized spacial score (nSPS) is 18.2. The predicted molar refractivity (Wildman–Crippen MR) is 102 cm³/mol. The standard InChI is InChI=1S/C20H22FNO5S/c1-13-9-18(14(2)22(13)17-7-8-28(25,26)12-17)19(23)11-27-20(24)10-15-3-5-16(21)6-4-15/h3-6,9,17H,7-8,10-12H2,1-2H3/t17-/m0/s1. The molecule has 0 N–H and O–H groups in total. The van der Waals surface area contributed by atoms with Crippen molar-refractivity contribution in [2.75, 3.05) is 18.1 Å². The van der Waals surface area contributed by atoms with Gasteiger partial charge in [0.2, 0.25) is 5.78 Å². The topological polar surface area (TPSA) is 82.4 Å². The Morgan fingerprint density at radius 2 is 1.89 bits per heavy atom. The molecular formula is C20H22FNO5S. The maximum absolute atomic E-state index is 12.9. The second kappa shape index (κ2) is 7.87. The highest BCUT2D eigenvalue weighted by Crippen LogP contribution is 2.29. The molecule has 2 aromatic rings. The summed E-state index contributed by atoms with van der Waals surface area (Å²) in [7, 11) is -3.04. The van der Waals surface area contributed by atoms with Gasteiger partial charge in [0.05, 0.1) is 17.9 Å². The van der Waals surface area contributed by atoms with E-state index in [4.69, 9.17) is 4.74 Å². The Morgan fingerprint density at radius 1 is 1.21 bits per heavy atom. The van der Waals surface area contributed by atoms with E-state index in [0.717, 1.165) is 5.69 Å². The molecule has 3 rings (SSSR count). The maximum atomic E-state index is 12.9. The number of esters is 1. The molecule has 0 bridgehead atoms. The summed E-state index contributed by atoms with van der Waals surface area (Å²) >= 11 is 0. The van der Waals surface area contributed by atoms with Crippen molar-refractivity contribution in [1.82, 2.24) is 4.57 Å². The number of carbonyl (C=O) groups is 2. The first-order valence-corrected chi connectivity index (χ1v) is 10.8. The molecule has 1 saturated heterocycles. The molecule has 1 aromatic carbocycles. The molecule has 0 amide bonds. The number of hydrogen-bond donors (Lipinski definition) is 0. The summed E-state index contributed by atoms with van der Waals surface area (Å²) in [5.41, 5.74) is 2.51. The Labute approximate surface area is 163 Å². The van der Waals surface area contributed by atoms with Crippen LogP contribution in [-0.4, -0.2) is 42.9 Å². The minimum atomic E-state index is -3.04. The number of carbonyl (C=O) groups excluding carboxylic acids is 2. The second-order valence-corrected chi connectivity index (χ2v) is 9.33. The monoisotopic (exact) mass is 407 g/mol. The van der Waals surface area contributed by atoms with E-state index in [2.05, 4.69) is 0 Å². The van der Waals surface area contributed by atoms with Gasteiger partial charge < -0.3 is 9.30 Å². The van der Waals surface area contributed by atoms with Crippen molar-refractivity contribution in [1.29, 1.82) is 0 Å². The zero-order valence-corrected chi connectivity index (χ0v) is 16.6. The van der Waals surface area contributed by atoms with E-state index < -0.39 is 28.2 Å². The van der Waals surface area contributed by atoms with Gasteiger partial charge in [-0.15, -0.1) is 0 Å². The Kier molecular flexibility index (Phi) is 5.69. The third-order valence-corrected chi connectivity index (χ3v) is 6.73. The molecule has 28 heavy (non-hydrogen) atoms. The molecule has 8 heteroatoms. The summed E-state index contributed by atoms with van der Waals surface area (Å²) in [6.07, 6.45) is 0.478. The van der Waals surface area contributed by atoms with E-state index >= 15 is 0 Å². The molecule has 1 aliphatic heterocycles. The number of Topliss-reactive ketones (excluding diaryl/α,β-unsaturated/α-hetero) is 1. The highest BCUT2D eigenvalue weighted by Gasteiger charge is 2.31. The lowest BCUT2D eigenvalue weighted by molar-refractivity contribution is -0.141. The summed E-state index contributed by atoms with van der Waals surface area (Å²) in [5, 5.41) is 0. The minimum absolute atomic E-state index is 0.0491. The first kappa shape index (κ1) is 20.3. The van der Waals surface area contributed by atoms with E-state index in [1.54, 1.807) is 13.0 Å². The lowest BCUT2D eigenvalue weighted by Gasteiger charge is -2.16. The average molecular weight is 407 g/mol.